The molecule has 8 heteroatoms. The molecule has 0 spiro atoms. The maximum absolute atomic E-state index is 12.4. The fourth-order valence-corrected chi connectivity index (χ4v) is 3.11. The topological polar surface area (TPSA) is 73.3 Å². The Bertz CT molecular complexity index is 1010. The number of anilines is 1. The van der Waals surface area contributed by atoms with Gasteiger partial charge >= 0.3 is 0 Å². The number of carbonyl (C=O) groups excluding carboxylic acids is 1. The number of amides is 1. The van der Waals surface area contributed by atoms with Gasteiger partial charge in [-0.3, -0.25) is 4.79 Å². The maximum Gasteiger partial charge on any atom is 0.257 e. The zero-order chi connectivity index (χ0) is 18.8. The number of ether oxygens (including phenoxy) is 2. The second-order valence-electron chi connectivity index (χ2n) is 5.72. The summed E-state index contributed by atoms with van der Waals surface area (Å²) in [7, 11) is 0. The number of fused-ring (bicyclic) bond motifs is 1. The quantitative estimate of drug-likeness (QED) is 0.655. The number of rotatable bonds is 3. The van der Waals surface area contributed by atoms with Crippen molar-refractivity contribution >= 4 is 34.9 Å². The van der Waals surface area contributed by atoms with Crippen LogP contribution in [-0.4, -0.2) is 29.1 Å². The van der Waals surface area contributed by atoms with Crippen LogP contribution in [0.5, 0.6) is 11.5 Å². The summed E-state index contributed by atoms with van der Waals surface area (Å²) in [6.07, 6.45) is 0. The van der Waals surface area contributed by atoms with Gasteiger partial charge in [-0.05, 0) is 42.5 Å². The number of benzene rings is 1. The molecule has 0 saturated carbocycles. The molecule has 0 bridgehead atoms. The van der Waals surface area contributed by atoms with Crippen molar-refractivity contribution in [1.29, 1.82) is 0 Å². The van der Waals surface area contributed by atoms with Crippen LogP contribution < -0.4 is 14.8 Å². The lowest BCUT2D eigenvalue weighted by molar-refractivity contribution is 0.102. The van der Waals surface area contributed by atoms with Crippen LogP contribution >= 0.6 is 23.2 Å². The van der Waals surface area contributed by atoms with Crippen molar-refractivity contribution in [2.45, 2.75) is 0 Å². The molecule has 27 heavy (non-hydrogen) atoms. The summed E-state index contributed by atoms with van der Waals surface area (Å²) < 4.78 is 11.1. The molecule has 2 aromatic heterocycles. The van der Waals surface area contributed by atoms with Crippen molar-refractivity contribution in [2.75, 3.05) is 18.5 Å². The van der Waals surface area contributed by atoms with Gasteiger partial charge in [0, 0.05) is 11.1 Å². The number of carbonyl (C=O) groups is 1. The molecule has 3 heterocycles. The van der Waals surface area contributed by atoms with Gasteiger partial charge in [0.1, 0.15) is 29.3 Å². The molecule has 0 radical (unpaired) electrons. The standard InChI is InChI=1S/C19H13Cl2N3O3/c20-16-9-12(10-17(21)23-16)19(25)24-18-3-1-2-13(22-18)11-4-5-14-15(8-11)27-7-6-26-14/h1-5,8-10H,6-7H2,(H,22,24,25). The van der Waals surface area contributed by atoms with E-state index in [-0.39, 0.29) is 16.2 Å². The fraction of sp³-hybridized carbons (Fsp3) is 0.105. The number of aromatic nitrogens is 2. The van der Waals surface area contributed by atoms with E-state index in [0.29, 0.717) is 41.8 Å². The van der Waals surface area contributed by atoms with Crippen LogP contribution in [0.15, 0.2) is 48.5 Å². The molecule has 1 aliphatic heterocycles. The van der Waals surface area contributed by atoms with E-state index in [2.05, 4.69) is 15.3 Å². The van der Waals surface area contributed by atoms with Gasteiger partial charge < -0.3 is 14.8 Å². The van der Waals surface area contributed by atoms with E-state index >= 15 is 0 Å². The van der Waals surface area contributed by atoms with Crippen LogP contribution in [-0.2, 0) is 0 Å². The first kappa shape index (κ1) is 17.6. The number of hydrogen-bond donors (Lipinski definition) is 1. The maximum atomic E-state index is 12.4. The molecule has 6 nitrogen and oxygen atoms in total. The molecular formula is C19H13Cl2N3O3. The molecule has 1 amide bonds. The van der Waals surface area contributed by atoms with Gasteiger partial charge in [-0.15, -0.1) is 0 Å². The molecule has 1 aromatic carbocycles. The monoisotopic (exact) mass is 401 g/mol. The van der Waals surface area contributed by atoms with Crippen molar-refractivity contribution in [3.8, 4) is 22.8 Å². The molecular weight excluding hydrogens is 389 g/mol. The minimum absolute atomic E-state index is 0.144. The Kier molecular flexibility index (Phi) is 4.83. The molecule has 3 aromatic rings. The first-order chi connectivity index (χ1) is 13.1. The van der Waals surface area contributed by atoms with Crippen LogP contribution in [0.1, 0.15) is 10.4 Å². The Morgan fingerprint density at radius 2 is 1.67 bits per heavy atom. The van der Waals surface area contributed by atoms with Gasteiger partial charge in [0.15, 0.2) is 11.5 Å². The Morgan fingerprint density at radius 1 is 0.926 bits per heavy atom. The minimum Gasteiger partial charge on any atom is -0.486 e. The zero-order valence-electron chi connectivity index (χ0n) is 13.9. The second-order valence-corrected chi connectivity index (χ2v) is 6.50. The van der Waals surface area contributed by atoms with Crippen molar-refractivity contribution in [2.24, 2.45) is 0 Å². The summed E-state index contributed by atoms with van der Waals surface area (Å²) in [5, 5.41) is 3.02. The lowest BCUT2D eigenvalue weighted by Crippen LogP contribution is -2.15. The van der Waals surface area contributed by atoms with Gasteiger partial charge in [-0.25, -0.2) is 9.97 Å². The predicted octanol–water partition coefficient (Wildman–Crippen LogP) is 4.47. The smallest absolute Gasteiger partial charge is 0.257 e. The van der Waals surface area contributed by atoms with Crippen LogP contribution in [0.3, 0.4) is 0 Å². The predicted molar refractivity (Wildman–Crippen MR) is 103 cm³/mol. The molecule has 4 rings (SSSR count). The third kappa shape index (κ3) is 3.97. The number of nitrogens with zero attached hydrogens (tertiary/aromatic N) is 2. The Hall–Kier alpha value is -2.83. The largest absolute Gasteiger partial charge is 0.486 e. The second kappa shape index (κ2) is 7.42. The Morgan fingerprint density at radius 3 is 2.44 bits per heavy atom. The van der Waals surface area contributed by atoms with Gasteiger partial charge in [0.05, 0.1) is 5.69 Å². The average molecular weight is 402 g/mol. The van der Waals surface area contributed by atoms with Gasteiger partial charge in [-0.1, -0.05) is 29.3 Å². The lowest BCUT2D eigenvalue weighted by atomic mass is 10.1. The number of halogens is 2. The number of hydrogen-bond acceptors (Lipinski definition) is 5. The first-order valence-electron chi connectivity index (χ1n) is 8.10. The minimum atomic E-state index is -0.381. The zero-order valence-corrected chi connectivity index (χ0v) is 15.4. The van der Waals surface area contributed by atoms with E-state index in [9.17, 15) is 4.79 Å². The number of pyridine rings is 2. The summed E-state index contributed by atoms with van der Waals surface area (Å²) in [5.41, 5.74) is 1.84. The van der Waals surface area contributed by atoms with E-state index in [1.165, 1.54) is 12.1 Å². The summed E-state index contributed by atoms with van der Waals surface area (Å²) in [5.74, 6) is 1.40. The highest BCUT2D eigenvalue weighted by molar-refractivity contribution is 6.33. The highest BCUT2D eigenvalue weighted by Crippen LogP contribution is 2.34. The lowest BCUT2D eigenvalue weighted by Gasteiger charge is -2.18. The molecule has 0 unspecified atom stereocenters. The number of nitrogens with one attached hydrogen (secondary N) is 1. The van der Waals surface area contributed by atoms with Crippen LogP contribution in [0.25, 0.3) is 11.3 Å². The summed E-state index contributed by atoms with van der Waals surface area (Å²) in [4.78, 5) is 20.7. The molecule has 0 fully saturated rings. The highest BCUT2D eigenvalue weighted by Gasteiger charge is 2.14. The van der Waals surface area contributed by atoms with Crippen LogP contribution in [0.4, 0.5) is 5.82 Å². The van der Waals surface area contributed by atoms with E-state index < -0.39 is 0 Å². The Labute approximate surface area is 165 Å². The van der Waals surface area contributed by atoms with Crippen molar-refractivity contribution in [1.82, 2.24) is 9.97 Å². The first-order valence-corrected chi connectivity index (χ1v) is 8.85. The molecule has 0 atom stereocenters. The van der Waals surface area contributed by atoms with Gasteiger partial charge in [-0.2, -0.15) is 0 Å². The van der Waals surface area contributed by atoms with E-state index in [0.717, 1.165) is 5.56 Å². The summed E-state index contributed by atoms with van der Waals surface area (Å²) >= 11 is 11.7. The molecule has 1 N–H and O–H groups in total. The fourth-order valence-electron chi connectivity index (χ4n) is 2.65. The highest BCUT2D eigenvalue weighted by atomic mass is 35.5. The van der Waals surface area contributed by atoms with Crippen molar-refractivity contribution < 1.29 is 14.3 Å². The van der Waals surface area contributed by atoms with Crippen LogP contribution in [0, 0.1) is 0 Å². The van der Waals surface area contributed by atoms with Gasteiger partial charge in [0.25, 0.3) is 5.91 Å². The van der Waals surface area contributed by atoms with E-state index in [1.807, 2.05) is 24.3 Å². The third-order valence-corrected chi connectivity index (χ3v) is 4.24. The third-order valence-electron chi connectivity index (χ3n) is 3.85. The van der Waals surface area contributed by atoms with Crippen LogP contribution in [0.2, 0.25) is 10.3 Å². The SMILES string of the molecule is O=C(Nc1cccc(-c2ccc3c(c2)OCCO3)n1)c1cc(Cl)nc(Cl)c1. The molecule has 1 aliphatic rings. The average Bonchev–Trinajstić information content (AvgIpc) is 2.67. The summed E-state index contributed by atoms with van der Waals surface area (Å²) in [6.45, 7) is 1.05. The summed E-state index contributed by atoms with van der Waals surface area (Å²) in [6, 6.07) is 13.8. The molecule has 0 aliphatic carbocycles. The van der Waals surface area contributed by atoms with E-state index in [4.69, 9.17) is 32.7 Å². The van der Waals surface area contributed by atoms with Crippen molar-refractivity contribution in [3.63, 3.8) is 0 Å². The normalized spacial score (nSPS) is 12.5. The molecule has 0 saturated heterocycles. The molecule has 136 valence electrons. The van der Waals surface area contributed by atoms with E-state index in [1.54, 1.807) is 12.1 Å². The van der Waals surface area contributed by atoms with Gasteiger partial charge in [0.2, 0.25) is 0 Å². The Balaban J connectivity index is 1.58. The van der Waals surface area contributed by atoms with Crippen molar-refractivity contribution in [3.05, 3.63) is 64.4 Å².